The molecular formula is C11H10BrNO2. The van der Waals surface area contributed by atoms with E-state index in [9.17, 15) is 4.79 Å². The van der Waals surface area contributed by atoms with Crippen LogP contribution >= 0.6 is 15.9 Å². The summed E-state index contributed by atoms with van der Waals surface area (Å²) in [6.45, 7) is 1.96. The maximum atomic E-state index is 10.6. The molecule has 0 aliphatic heterocycles. The lowest BCUT2D eigenvalue weighted by Crippen LogP contribution is -2.02. The SMILES string of the molecule is CCc1cc(CC(=O)O)cc(C#N)c1Br. The number of rotatable bonds is 3. The molecule has 0 bridgehead atoms. The van der Waals surface area contributed by atoms with Gasteiger partial charge >= 0.3 is 5.97 Å². The Morgan fingerprint density at radius 2 is 2.27 bits per heavy atom. The number of aliphatic carboxylic acids is 1. The molecule has 0 radical (unpaired) electrons. The van der Waals surface area contributed by atoms with Crippen LogP contribution in [0.3, 0.4) is 0 Å². The van der Waals surface area contributed by atoms with Crippen LogP contribution in [0.1, 0.15) is 23.6 Å². The average Bonchev–Trinajstić information content (AvgIpc) is 2.19. The minimum Gasteiger partial charge on any atom is -0.481 e. The molecule has 0 spiro atoms. The molecule has 0 aromatic heterocycles. The number of carbonyl (C=O) groups is 1. The zero-order valence-corrected chi connectivity index (χ0v) is 9.84. The molecule has 3 nitrogen and oxygen atoms in total. The van der Waals surface area contributed by atoms with E-state index < -0.39 is 5.97 Å². The Hall–Kier alpha value is -1.34. The lowest BCUT2D eigenvalue weighted by Gasteiger charge is -2.06. The molecule has 0 amide bonds. The van der Waals surface area contributed by atoms with Crippen molar-refractivity contribution < 1.29 is 9.90 Å². The topological polar surface area (TPSA) is 61.1 Å². The number of aryl methyl sites for hydroxylation is 1. The van der Waals surface area contributed by atoms with Crippen LogP contribution in [-0.4, -0.2) is 11.1 Å². The van der Waals surface area contributed by atoms with E-state index in [1.165, 1.54) is 0 Å². The minimum atomic E-state index is -0.886. The van der Waals surface area contributed by atoms with Gasteiger partial charge in [-0.3, -0.25) is 4.79 Å². The van der Waals surface area contributed by atoms with Crippen LogP contribution in [0.15, 0.2) is 16.6 Å². The molecule has 1 aromatic carbocycles. The van der Waals surface area contributed by atoms with E-state index in [1.54, 1.807) is 6.07 Å². The number of hydrogen-bond acceptors (Lipinski definition) is 2. The van der Waals surface area contributed by atoms with Crippen LogP contribution in [-0.2, 0) is 17.6 Å². The smallest absolute Gasteiger partial charge is 0.307 e. The first-order chi connectivity index (χ1) is 7.08. The van der Waals surface area contributed by atoms with Crippen molar-refractivity contribution in [3.05, 3.63) is 33.3 Å². The molecule has 0 fully saturated rings. The quantitative estimate of drug-likeness (QED) is 0.916. The Kier molecular flexibility index (Phi) is 3.87. The van der Waals surface area contributed by atoms with Gasteiger partial charge in [0, 0.05) is 4.47 Å². The van der Waals surface area contributed by atoms with Crippen LogP contribution in [0.25, 0.3) is 0 Å². The molecule has 4 heteroatoms. The lowest BCUT2D eigenvalue weighted by molar-refractivity contribution is -0.136. The number of halogens is 1. The second-order valence-corrected chi connectivity index (χ2v) is 3.95. The second-order valence-electron chi connectivity index (χ2n) is 3.15. The summed E-state index contributed by atoms with van der Waals surface area (Å²) >= 11 is 3.33. The fraction of sp³-hybridized carbons (Fsp3) is 0.273. The summed E-state index contributed by atoms with van der Waals surface area (Å²) in [5, 5.41) is 17.5. The molecule has 0 aliphatic rings. The summed E-state index contributed by atoms with van der Waals surface area (Å²) in [5.41, 5.74) is 2.12. The van der Waals surface area contributed by atoms with Crippen molar-refractivity contribution in [2.75, 3.05) is 0 Å². The molecule has 78 valence electrons. The summed E-state index contributed by atoms with van der Waals surface area (Å²) in [6.07, 6.45) is 0.720. The highest BCUT2D eigenvalue weighted by atomic mass is 79.9. The molecule has 0 saturated carbocycles. The summed E-state index contributed by atoms with van der Waals surface area (Å²) in [7, 11) is 0. The summed E-state index contributed by atoms with van der Waals surface area (Å²) in [4.78, 5) is 10.6. The highest BCUT2D eigenvalue weighted by molar-refractivity contribution is 9.10. The Labute approximate surface area is 96.5 Å². The van der Waals surface area contributed by atoms with E-state index in [-0.39, 0.29) is 6.42 Å². The summed E-state index contributed by atoms with van der Waals surface area (Å²) in [6, 6.07) is 5.47. The van der Waals surface area contributed by atoms with Gasteiger partial charge in [-0.15, -0.1) is 0 Å². The highest BCUT2D eigenvalue weighted by Crippen LogP contribution is 2.24. The molecule has 1 aromatic rings. The first-order valence-corrected chi connectivity index (χ1v) is 5.31. The van der Waals surface area contributed by atoms with Crippen molar-refractivity contribution in [1.29, 1.82) is 5.26 Å². The third kappa shape index (κ3) is 2.80. The van der Waals surface area contributed by atoms with Gasteiger partial charge < -0.3 is 5.11 Å². The lowest BCUT2D eigenvalue weighted by atomic mass is 10.0. The predicted molar refractivity (Wildman–Crippen MR) is 59.6 cm³/mol. The molecule has 1 rings (SSSR count). The second kappa shape index (κ2) is 4.94. The Bertz CT molecular complexity index is 435. The van der Waals surface area contributed by atoms with Crippen LogP contribution in [0.2, 0.25) is 0 Å². The molecule has 0 saturated heterocycles. The van der Waals surface area contributed by atoms with Crippen molar-refractivity contribution in [1.82, 2.24) is 0 Å². The molecule has 15 heavy (non-hydrogen) atoms. The molecule has 0 unspecified atom stereocenters. The molecule has 1 N–H and O–H groups in total. The van der Waals surface area contributed by atoms with Crippen molar-refractivity contribution >= 4 is 21.9 Å². The first kappa shape index (κ1) is 11.7. The number of nitriles is 1. The minimum absolute atomic E-state index is 0.0467. The molecule has 0 heterocycles. The zero-order valence-electron chi connectivity index (χ0n) is 8.25. The van der Waals surface area contributed by atoms with Crippen LogP contribution in [0.4, 0.5) is 0 Å². The van der Waals surface area contributed by atoms with Crippen LogP contribution in [0.5, 0.6) is 0 Å². The standard InChI is InChI=1S/C11H10BrNO2/c1-2-8-3-7(5-10(14)15)4-9(6-13)11(8)12/h3-4H,2,5H2,1H3,(H,14,15). The van der Waals surface area contributed by atoms with Crippen molar-refractivity contribution in [3.8, 4) is 6.07 Å². The maximum Gasteiger partial charge on any atom is 0.307 e. The van der Waals surface area contributed by atoms with E-state index in [2.05, 4.69) is 15.9 Å². The molecular weight excluding hydrogens is 258 g/mol. The predicted octanol–water partition coefficient (Wildman–Crippen LogP) is 2.51. The van der Waals surface area contributed by atoms with Crippen molar-refractivity contribution in [2.24, 2.45) is 0 Å². The fourth-order valence-corrected chi connectivity index (χ4v) is 1.96. The first-order valence-electron chi connectivity index (χ1n) is 4.51. The normalized spacial score (nSPS) is 9.67. The maximum absolute atomic E-state index is 10.6. The van der Waals surface area contributed by atoms with Crippen molar-refractivity contribution in [3.63, 3.8) is 0 Å². The average molecular weight is 268 g/mol. The number of carboxylic acids is 1. The number of hydrogen-bond donors (Lipinski definition) is 1. The van der Waals surface area contributed by atoms with Gasteiger partial charge in [-0.05, 0) is 39.5 Å². The number of carboxylic acid groups (broad SMARTS) is 1. The van der Waals surface area contributed by atoms with E-state index in [1.807, 2.05) is 19.1 Å². The van der Waals surface area contributed by atoms with Gasteiger partial charge in [0.25, 0.3) is 0 Å². The van der Waals surface area contributed by atoms with Gasteiger partial charge in [-0.2, -0.15) is 5.26 Å². The van der Waals surface area contributed by atoms with E-state index in [0.29, 0.717) is 11.1 Å². The third-order valence-corrected chi connectivity index (χ3v) is 3.00. The highest BCUT2D eigenvalue weighted by Gasteiger charge is 2.09. The summed E-state index contributed by atoms with van der Waals surface area (Å²) < 4.78 is 0.765. The van der Waals surface area contributed by atoms with Gasteiger partial charge in [0.15, 0.2) is 0 Å². The van der Waals surface area contributed by atoms with E-state index in [4.69, 9.17) is 10.4 Å². The number of nitrogens with zero attached hydrogens (tertiary/aromatic N) is 1. The van der Waals surface area contributed by atoms with Gasteiger partial charge in [-0.1, -0.05) is 13.0 Å². The van der Waals surface area contributed by atoms with E-state index >= 15 is 0 Å². The van der Waals surface area contributed by atoms with Gasteiger partial charge in [0.2, 0.25) is 0 Å². The molecule has 0 atom stereocenters. The summed E-state index contributed by atoms with van der Waals surface area (Å²) in [5.74, 6) is -0.886. The van der Waals surface area contributed by atoms with Crippen molar-refractivity contribution in [2.45, 2.75) is 19.8 Å². The molecule has 0 aliphatic carbocycles. The van der Waals surface area contributed by atoms with Crippen LogP contribution in [0, 0.1) is 11.3 Å². The van der Waals surface area contributed by atoms with Crippen LogP contribution < -0.4 is 0 Å². The largest absolute Gasteiger partial charge is 0.481 e. The fourth-order valence-electron chi connectivity index (χ4n) is 1.37. The Morgan fingerprint density at radius 3 is 2.73 bits per heavy atom. The van der Waals surface area contributed by atoms with Gasteiger partial charge in [0.1, 0.15) is 6.07 Å². The Morgan fingerprint density at radius 1 is 1.60 bits per heavy atom. The number of benzene rings is 1. The third-order valence-electron chi connectivity index (χ3n) is 2.06. The van der Waals surface area contributed by atoms with E-state index in [0.717, 1.165) is 16.5 Å². The Balaban J connectivity index is 3.22. The van der Waals surface area contributed by atoms with Gasteiger partial charge in [0.05, 0.1) is 12.0 Å². The zero-order chi connectivity index (χ0) is 11.4. The van der Waals surface area contributed by atoms with Gasteiger partial charge in [-0.25, -0.2) is 0 Å². The monoisotopic (exact) mass is 267 g/mol.